The number of ketones is 1. The van der Waals surface area contributed by atoms with Crippen molar-refractivity contribution in [2.45, 2.75) is 32.8 Å². The van der Waals surface area contributed by atoms with Gasteiger partial charge < -0.3 is 4.74 Å². The highest BCUT2D eigenvalue weighted by molar-refractivity contribution is 6.02. The second-order valence-corrected chi connectivity index (χ2v) is 2.94. The van der Waals surface area contributed by atoms with E-state index in [0.717, 1.165) is 12.8 Å². The first kappa shape index (κ1) is 9.04. The lowest BCUT2D eigenvalue weighted by Crippen LogP contribution is -2.16. The number of ether oxygens (including phenoxy) is 1. The fourth-order valence-corrected chi connectivity index (χ4v) is 1.17. The standard InChI is InChI=1S/C10H14O2/c1-3-5-9(11)10-7-4-6-8(2)12-10/h3,5,7-8H,4,6H2,1-2H3/b5-3+. The van der Waals surface area contributed by atoms with Gasteiger partial charge in [0.25, 0.3) is 0 Å². The molecule has 0 aromatic heterocycles. The van der Waals surface area contributed by atoms with Crippen molar-refractivity contribution in [2.24, 2.45) is 0 Å². The van der Waals surface area contributed by atoms with Gasteiger partial charge in [0.1, 0.15) is 0 Å². The maximum absolute atomic E-state index is 11.3. The Hall–Kier alpha value is -1.05. The van der Waals surface area contributed by atoms with Crippen LogP contribution in [0.15, 0.2) is 24.0 Å². The Bertz CT molecular complexity index is 226. The fraction of sp³-hybridized carbons (Fsp3) is 0.500. The van der Waals surface area contributed by atoms with E-state index in [1.807, 2.05) is 19.9 Å². The van der Waals surface area contributed by atoms with Crippen molar-refractivity contribution < 1.29 is 9.53 Å². The molecule has 1 aliphatic heterocycles. The number of carbonyl (C=O) groups excluding carboxylic acids is 1. The molecule has 0 saturated carbocycles. The first-order valence-corrected chi connectivity index (χ1v) is 4.28. The lowest BCUT2D eigenvalue weighted by atomic mass is 10.1. The molecule has 12 heavy (non-hydrogen) atoms. The van der Waals surface area contributed by atoms with Crippen LogP contribution >= 0.6 is 0 Å². The lowest BCUT2D eigenvalue weighted by molar-refractivity contribution is -0.115. The van der Waals surface area contributed by atoms with Crippen LogP contribution in [0.25, 0.3) is 0 Å². The molecule has 1 atom stereocenters. The van der Waals surface area contributed by atoms with Crippen molar-refractivity contribution >= 4 is 5.78 Å². The summed E-state index contributed by atoms with van der Waals surface area (Å²) in [6.45, 7) is 3.81. The van der Waals surface area contributed by atoms with Gasteiger partial charge in [-0.25, -0.2) is 0 Å². The minimum absolute atomic E-state index is 0.0240. The molecule has 0 spiro atoms. The molecule has 1 aliphatic rings. The molecule has 0 bridgehead atoms. The van der Waals surface area contributed by atoms with Crippen molar-refractivity contribution in [2.75, 3.05) is 0 Å². The summed E-state index contributed by atoms with van der Waals surface area (Å²) in [6.07, 6.45) is 7.25. The third-order valence-electron chi connectivity index (χ3n) is 1.79. The van der Waals surface area contributed by atoms with Crippen LogP contribution < -0.4 is 0 Å². The average molecular weight is 166 g/mol. The minimum atomic E-state index is -0.0240. The number of hydrogen-bond acceptors (Lipinski definition) is 2. The van der Waals surface area contributed by atoms with Crippen LogP contribution in [-0.4, -0.2) is 11.9 Å². The fourth-order valence-electron chi connectivity index (χ4n) is 1.17. The molecule has 2 heteroatoms. The third kappa shape index (κ3) is 2.22. The molecule has 0 aromatic rings. The van der Waals surface area contributed by atoms with Gasteiger partial charge in [-0.15, -0.1) is 0 Å². The van der Waals surface area contributed by atoms with Crippen LogP contribution in [0.5, 0.6) is 0 Å². The van der Waals surface area contributed by atoms with E-state index in [1.165, 1.54) is 6.08 Å². The maximum atomic E-state index is 11.3. The van der Waals surface area contributed by atoms with Crippen LogP contribution in [-0.2, 0) is 9.53 Å². The summed E-state index contributed by atoms with van der Waals surface area (Å²) >= 11 is 0. The van der Waals surface area contributed by atoms with Gasteiger partial charge in [0.15, 0.2) is 5.76 Å². The number of rotatable bonds is 2. The highest BCUT2D eigenvalue weighted by Gasteiger charge is 2.15. The Morgan fingerprint density at radius 3 is 3.08 bits per heavy atom. The predicted molar refractivity (Wildman–Crippen MR) is 47.7 cm³/mol. The first-order chi connectivity index (χ1) is 5.74. The normalized spacial score (nSPS) is 23.5. The predicted octanol–water partition coefficient (Wildman–Crippen LogP) is 2.21. The smallest absolute Gasteiger partial charge is 0.219 e. The van der Waals surface area contributed by atoms with Gasteiger partial charge >= 0.3 is 0 Å². The van der Waals surface area contributed by atoms with E-state index in [2.05, 4.69) is 0 Å². The highest BCUT2D eigenvalue weighted by atomic mass is 16.5. The molecule has 0 amide bonds. The zero-order valence-electron chi connectivity index (χ0n) is 7.54. The summed E-state index contributed by atoms with van der Waals surface area (Å²) in [7, 11) is 0. The number of hydrogen-bond donors (Lipinski definition) is 0. The van der Waals surface area contributed by atoms with Crippen LogP contribution in [0, 0.1) is 0 Å². The minimum Gasteiger partial charge on any atom is -0.487 e. The van der Waals surface area contributed by atoms with Crippen molar-refractivity contribution in [3.8, 4) is 0 Å². The van der Waals surface area contributed by atoms with Crippen LogP contribution in [0.4, 0.5) is 0 Å². The van der Waals surface area contributed by atoms with Gasteiger partial charge in [0.05, 0.1) is 6.10 Å². The van der Waals surface area contributed by atoms with E-state index < -0.39 is 0 Å². The SMILES string of the molecule is C/C=C/C(=O)C1=CCCC(C)O1. The second kappa shape index (κ2) is 4.10. The molecule has 1 rings (SSSR count). The van der Waals surface area contributed by atoms with E-state index in [4.69, 9.17) is 4.74 Å². The zero-order valence-corrected chi connectivity index (χ0v) is 7.54. The maximum Gasteiger partial charge on any atom is 0.219 e. The number of allylic oxidation sites excluding steroid dienone is 3. The topological polar surface area (TPSA) is 26.3 Å². The molecular weight excluding hydrogens is 152 g/mol. The van der Waals surface area contributed by atoms with Crippen LogP contribution in [0.1, 0.15) is 26.7 Å². The Balaban J connectivity index is 2.62. The largest absolute Gasteiger partial charge is 0.487 e. The van der Waals surface area contributed by atoms with Gasteiger partial charge in [-0.3, -0.25) is 4.79 Å². The Morgan fingerprint density at radius 1 is 1.75 bits per heavy atom. The molecule has 0 fully saturated rings. The molecule has 1 heterocycles. The van der Waals surface area contributed by atoms with Gasteiger partial charge in [0, 0.05) is 0 Å². The summed E-state index contributed by atoms with van der Waals surface area (Å²) in [6, 6.07) is 0. The zero-order chi connectivity index (χ0) is 8.97. The average Bonchev–Trinajstić information content (AvgIpc) is 2.05. The van der Waals surface area contributed by atoms with Gasteiger partial charge in [-0.1, -0.05) is 6.08 Å². The second-order valence-electron chi connectivity index (χ2n) is 2.94. The molecule has 2 nitrogen and oxygen atoms in total. The Kier molecular flexibility index (Phi) is 3.09. The molecular formula is C10H14O2. The van der Waals surface area contributed by atoms with E-state index in [1.54, 1.807) is 6.08 Å². The van der Waals surface area contributed by atoms with Crippen LogP contribution in [0.2, 0.25) is 0 Å². The Labute approximate surface area is 72.9 Å². The molecule has 0 radical (unpaired) electrons. The van der Waals surface area contributed by atoms with Gasteiger partial charge in [-0.2, -0.15) is 0 Å². The molecule has 0 N–H and O–H groups in total. The molecule has 1 unspecified atom stereocenters. The molecule has 0 aliphatic carbocycles. The number of carbonyl (C=O) groups is 1. The van der Waals surface area contributed by atoms with Crippen molar-refractivity contribution in [3.05, 3.63) is 24.0 Å². The quantitative estimate of drug-likeness (QED) is 0.588. The van der Waals surface area contributed by atoms with E-state index in [0.29, 0.717) is 5.76 Å². The van der Waals surface area contributed by atoms with Crippen molar-refractivity contribution in [1.82, 2.24) is 0 Å². The van der Waals surface area contributed by atoms with Gasteiger partial charge in [0.2, 0.25) is 5.78 Å². The summed E-state index contributed by atoms with van der Waals surface area (Å²) in [5.74, 6) is 0.482. The third-order valence-corrected chi connectivity index (χ3v) is 1.79. The molecule has 66 valence electrons. The molecule has 0 saturated heterocycles. The monoisotopic (exact) mass is 166 g/mol. The summed E-state index contributed by atoms with van der Waals surface area (Å²) < 4.78 is 5.36. The van der Waals surface area contributed by atoms with Crippen molar-refractivity contribution in [1.29, 1.82) is 0 Å². The van der Waals surface area contributed by atoms with Crippen molar-refractivity contribution in [3.63, 3.8) is 0 Å². The van der Waals surface area contributed by atoms with E-state index in [-0.39, 0.29) is 11.9 Å². The Morgan fingerprint density at radius 2 is 2.50 bits per heavy atom. The highest BCUT2D eigenvalue weighted by Crippen LogP contribution is 2.16. The first-order valence-electron chi connectivity index (χ1n) is 4.28. The summed E-state index contributed by atoms with van der Waals surface area (Å²) in [5, 5.41) is 0. The van der Waals surface area contributed by atoms with E-state index >= 15 is 0 Å². The van der Waals surface area contributed by atoms with Gasteiger partial charge in [-0.05, 0) is 38.8 Å². The lowest BCUT2D eigenvalue weighted by Gasteiger charge is -2.19. The summed E-state index contributed by atoms with van der Waals surface area (Å²) in [4.78, 5) is 11.3. The van der Waals surface area contributed by atoms with E-state index in [9.17, 15) is 4.79 Å². The van der Waals surface area contributed by atoms with Crippen LogP contribution in [0.3, 0.4) is 0 Å². The molecule has 0 aromatic carbocycles. The summed E-state index contributed by atoms with van der Waals surface area (Å²) in [5.41, 5.74) is 0.